The van der Waals surface area contributed by atoms with Gasteiger partial charge in [-0.2, -0.15) is 0 Å². The largest absolute Gasteiger partial charge is 0.492 e. The molecular formula is C26H35F2N3O5. The number of hydrogen-bond acceptors (Lipinski definition) is 7. The van der Waals surface area contributed by atoms with Crippen LogP contribution in [0.2, 0.25) is 0 Å². The Bertz CT molecular complexity index is 972. The fraction of sp³-hybridized carbons (Fsp3) is 0.500. The molecule has 0 radical (unpaired) electrons. The van der Waals surface area contributed by atoms with Gasteiger partial charge in [0.05, 0.1) is 6.54 Å². The predicted molar refractivity (Wildman–Crippen MR) is 131 cm³/mol. The number of rotatable bonds is 11. The summed E-state index contributed by atoms with van der Waals surface area (Å²) in [6, 6.07) is 10.6. The Morgan fingerprint density at radius 1 is 1.03 bits per heavy atom. The van der Waals surface area contributed by atoms with E-state index in [4.69, 9.17) is 14.2 Å². The number of β-amino-alcohol motifs (C(OH)–C–C–N with tert-alkyl or cyclic N) is 1. The van der Waals surface area contributed by atoms with Gasteiger partial charge in [-0.25, -0.2) is 8.78 Å². The smallest absolute Gasteiger partial charge is 0.248 e. The molecule has 0 saturated carbocycles. The Hall–Kier alpha value is -2.79. The standard InChI is InChI=1S/C26H35F2N3O5/c1-29(2)10-11-35-23-6-4-20(5-7-23)15-30-8-9-31(25(32)16-34-3)18-26(33,17-30)19-36-24-13-21(27)12-22(28)14-24/h4-7,12-14,33H,8-11,15-19H2,1-3H3/t26-/m1/s1. The number of aliphatic hydroxyl groups is 1. The van der Waals surface area contributed by atoms with Crippen molar-refractivity contribution in [1.29, 1.82) is 0 Å². The predicted octanol–water partition coefficient (Wildman–Crippen LogP) is 2.01. The van der Waals surface area contributed by atoms with Crippen LogP contribution in [0.5, 0.6) is 11.5 Å². The lowest BCUT2D eigenvalue weighted by Gasteiger charge is -2.33. The van der Waals surface area contributed by atoms with Crippen molar-refractivity contribution in [3.8, 4) is 11.5 Å². The van der Waals surface area contributed by atoms with E-state index in [2.05, 4.69) is 0 Å². The SMILES string of the molecule is COCC(=O)N1CCN(Cc2ccc(OCCN(C)C)cc2)C[C@](O)(COc2cc(F)cc(F)c2)C1. The highest BCUT2D eigenvalue weighted by molar-refractivity contribution is 5.77. The Kier molecular flexibility index (Phi) is 10.0. The molecule has 10 heteroatoms. The molecule has 198 valence electrons. The van der Waals surface area contributed by atoms with Crippen LogP contribution in [0.4, 0.5) is 8.78 Å². The van der Waals surface area contributed by atoms with Crippen LogP contribution in [-0.4, -0.2) is 105 Å². The zero-order valence-corrected chi connectivity index (χ0v) is 21.1. The molecule has 1 aliphatic heterocycles. The van der Waals surface area contributed by atoms with Gasteiger partial charge < -0.3 is 29.1 Å². The van der Waals surface area contributed by atoms with Crippen molar-refractivity contribution in [3.05, 3.63) is 59.7 Å². The minimum atomic E-state index is -1.47. The number of nitrogens with zero attached hydrogens (tertiary/aromatic N) is 3. The maximum atomic E-state index is 13.6. The fourth-order valence-corrected chi connectivity index (χ4v) is 4.02. The average Bonchev–Trinajstić information content (AvgIpc) is 2.97. The maximum Gasteiger partial charge on any atom is 0.248 e. The summed E-state index contributed by atoms with van der Waals surface area (Å²) in [5.74, 6) is -1.05. The van der Waals surface area contributed by atoms with Crippen molar-refractivity contribution in [2.45, 2.75) is 12.1 Å². The topological polar surface area (TPSA) is 74.7 Å². The van der Waals surface area contributed by atoms with Crippen LogP contribution in [0.1, 0.15) is 5.56 Å². The average molecular weight is 508 g/mol. The number of carbonyl (C=O) groups excluding carboxylic acids is 1. The number of benzene rings is 2. The van der Waals surface area contributed by atoms with E-state index in [9.17, 15) is 18.7 Å². The first-order valence-electron chi connectivity index (χ1n) is 11.8. The molecule has 1 amide bonds. The molecule has 8 nitrogen and oxygen atoms in total. The maximum absolute atomic E-state index is 13.6. The van der Waals surface area contributed by atoms with Crippen LogP contribution < -0.4 is 9.47 Å². The number of ether oxygens (including phenoxy) is 3. The van der Waals surface area contributed by atoms with Crippen molar-refractivity contribution >= 4 is 5.91 Å². The molecule has 0 unspecified atom stereocenters. The second kappa shape index (κ2) is 13.0. The van der Waals surface area contributed by atoms with Gasteiger partial charge in [0.15, 0.2) is 0 Å². The third-order valence-electron chi connectivity index (χ3n) is 5.79. The fourth-order valence-electron chi connectivity index (χ4n) is 4.02. The summed E-state index contributed by atoms with van der Waals surface area (Å²) < 4.78 is 43.5. The van der Waals surface area contributed by atoms with Gasteiger partial charge in [0.25, 0.3) is 0 Å². The molecule has 0 spiro atoms. The van der Waals surface area contributed by atoms with Crippen molar-refractivity contribution < 1.29 is 32.9 Å². The number of amides is 1. The number of carbonyl (C=O) groups is 1. The highest BCUT2D eigenvalue weighted by atomic mass is 19.1. The third kappa shape index (κ3) is 8.70. The molecule has 1 saturated heterocycles. The lowest BCUT2D eigenvalue weighted by Crippen LogP contribution is -2.52. The lowest BCUT2D eigenvalue weighted by molar-refractivity contribution is -0.138. The zero-order chi connectivity index (χ0) is 26.1. The van der Waals surface area contributed by atoms with E-state index in [1.54, 1.807) is 0 Å². The molecular weight excluding hydrogens is 472 g/mol. The van der Waals surface area contributed by atoms with Crippen LogP contribution >= 0.6 is 0 Å². The van der Waals surface area contributed by atoms with E-state index in [1.165, 1.54) is 12.0 Å². The first kappa shape index (κ1) is 27.8. The molecule has 36 heavy (non-hydrogen) atoms. The van der Waals surface area contributed by atoms with Gasteiger partial charge in [0, 0.05) is 58.0 Å². The molecule has 2 aromatic carbocycles. The summed E-state index contributed by atoms with van der Waals surface area (Å²) in [4.78, 5) is 18.1. The molecule has 1 aliphatic rings. The minimum absolute atomic E-state index is 0.00213. The van der Waals surface area contributed by atoms with E-state index >= 15 is 0 Å². The van der Waals surface area contributed by atoms with E-state index < -0.39 is 17.2 Å². The molecule has 1 N–H and O–H groups in total. The van der Waals surface area contributed by atoms with Crippen molar-refractivity contribution in [2.24, 2.45) is 0 Å². The normalized spacial score (nSPS) is 18.8. The van der Waals surface area contributed by atoms with Crippen molar-refractivity contribution in [2.75, 3.05) is 73.7 Å². The second-order valence-electron chi connectivity index (χ2n) is 9.37. The highest BCUT2D eigenvalue weighted by Crippen LogP contribution is 2.22. The molecule has 0 aromatic heterocycles. The van der Waals surface area contributed by atoms with E-state index in [0.29, 0.717) is 26.2 Å². The Morgan fingerprint density at radius 2 is 1.72 bits per heavy atom. The van der Waals surface area contributed by atoms with Crippen molar-refractivity contribution in [3.63, 3.8) is 0 Å². The minimum Gasteiger partial charge on any atom is -0.492 e. The van der Waals surface area contributed by atoms with Gasteiger partial charge in [0.2, 0.25) is 5.91 Å². The number of halogens is 2. The molecule has 0 bridgehead atoms. The van der Waals surface area contributed by atoms with Crippen LogP contribution in [0.3, 0.4) is 0 Å². The summed E-state index contributed by atoms with van der Waals surface area (Å²) in [6.07, 6.45) is 0. The summed E-state index contributed by atoms with van der Waals surface area (Å²) in [6.45, 7) is 2.69. The molecule has 1 fully saturated rings. The highest BCUT2D eigenvalue weighted by Gasteiger charge is 2.37. The number of hydrogen-bond donors (Lipinski definition) is 1. The van der Waals surface area contributed by atoms with Gasteiger partial charge in [-0.3, -0.25) is 9.69 Å². The summed E-state index contributed by atoms with van der Waals surface area (Å²) in [7, 11) is 5.41. The molecule has 1 heterocycles. The van der Waals surface area contributed by atoms with Crippen LogP contribution in [0.25, 0.3) is 0 Å². The summed E-state index contributed by atoms with van der Waals surface area (Å²) in [5, 5.41) is 11.5. The van der Waals surface area contributed by atoms with Gasteiger partial charge in [-0.15, -0.1) is 0 Å². The quantitative estimate of drug-likeness (QED) is 0.499. The van der Waals surface area contributed by atoms with Crippen LogP contribution in [0, 0.1) is 11.6 Å². The van der Waals surface area contributed by atoms with Gasteiger partial charge in [-0.05, 0) is 31.8 Å². The first-order valence-corrected chi connectivity index (χ1v) is 11.8. The number of methoxy groups -OCH3 is 1. The third-order valence-corrected chi connectivity index (χ3v) is 5.79. The first-order chi connectivity index (χ1) is 17.2. The van der Waals surface area contributed by atoms with Crippen LogP contribution in [-0.2, 0) is 16.1 Å². The monoisotopic (exact) mass is 507 g/mol. The van der Waals surface area contributed by atoms with E-state index in [-0.39, 0.29) is 38.0 Å². The Labute approximate surface area is 210 Å². The molecule has 0 aliphatic carbocycles. The second-order valence-corrected chi connectivity index (χ2v) is 9.37. The van der Waals surface area contributed by atoms with Crippen molar-refractivity contribution in [1.82, 2.24) is 14.7 Å². The zero-order valence-electron chi connectivity index (χ0n) is 21.1. The summed E-state index contributed by atoms with van der Waals surface area (Å²) >= 11 is 0. The number of likely N-dealkylation sites (N-methyl/N-ethyl adjacent to an activating group) is 1. The molecule has 1 atom stereocenters. The van der Waals surface area contributed by atoms with Gasteiger partial charge in [-0.1, -0.05) is 12.1 Å². The van der Waals surface area contributed by atoms with E-state index in [0.717, 1.165) is 36.1 Å². The Balaban J connectivity index is 1.69. The molecule has 3 rings (SSSR count). The van der Waals surface area contributed by atoms with Gasteiger partial charge >= 0.3 is 0 Å². The summed E-state index contributed by atoms with van der Waals surface area (Å²) in [5.41, 5.74) is -0.458. The Morgan fingerprint density at radius 3 is 2.36 bits per heavy atom. The van der Waals surface area contributed by atoms with Crippen LogP contribution in [0.15, 0.2) is 42.5 Å². The van der Waals surface area contributed by atoms with Gasteiger partial charge in [0.1, 0.15) is 48.6 Å². The van der Waals surface area contributed by atoms with E-state index in [1.807, 2.05) is 48.2 Å². The lowest BCUT2D eigenvalue weighted by atomic mass is 10.0. The molecule has 2 aromatic rings.